The molecule has 2 amide bonds. The van der Waals surface area contributed by atoms with Crippen LogP contribution in [0.2, 0.25) is 5.15 Å². The smallest absolute Gasteiger partial charge is 0.410 e. The van der Waals surface area contributed by atoms with Crippen molar-refractivity contribution < 1.29 is 23.8 Å². The largest absolute Gasteiger partial charge is 0.490 e. The Balaban J connectivity index is 1.52. The van der Waals surface area contributed by atoms with E-state index in [-0.39, 0.29) is 41.7 Å². The highest BCUT2D eigenvalue weighted by molar-refractivity contribution is 6.29. The van der Waals surface area contributed by atoms with Crippen LogP contribution in [-0.4, -0.2) is 95.8 Å². The number of carbonyl (C=O) groups is 2. The fraction of sp³-hybridized carbons (Fsp3) is 0.682. The van der Waals surface area contributed by atoms with Crippen LogP contribution < -0.4 is 9.47 Å². The molecule has 0 aromatic carbocycles. The molecule has 176 valence electrons. The lowest BCUT2D eigenvalue weighted by Crippen LogP contribution is -2.58. The number of nitrogens with zero attached hydrogens (tertiary/aromatic N) is 4. The van der Waals surface area contributed by atoms with Crippen molar-refractivity contribution in [2.75, 3.05) is 46.4 Å². The first kappa shape index (κ1) is 22.9. The molecule has 3 aliphatic rings. The number of halogens is 1. The van der Waals surface area contributed by atoms with E-state index in [1.807, 2.05) is 20.8 Å². The van der Waals surface area contributed by atoms with Crippen LogP contribution in [0.25, 0.3) is 0 Å². The number of rotatable bonds is 3. The fourth-order valence-corrected chi connectivity index (χ4v) is 4.51. The number of aromatic nitrogens is 1. The summed E-state index contributed by atoms with van der Waals surface area (Å²) >= 11 is 6.21. The summed E-state index contributed by atoms with van der Waals surface area (Å²) < 4.78 is 17.5. The summed E-state index contributed by atoms with van der Waals surface area (Å²) in [5.41, 5.74) is -0.286. The van der Waals surface area contributed by atoms with Crippen molar-refractivity contribution in [3.8, 4) is 11.6 Å². The zero-order valence-corrected chi connectivity index (χ0v) is 19.9. The molecule has 10 heteroatoms. The van der Waals surface area contributed by atoms with Gasteiger partial charge in [0.2, 0.25) is 5.88 Å². The number of likely N-dealkylation sites (tertiary alicyclic amines) is 1. The summed E-state index contributed by atoms with van der Waals surface area (Å²) in [6.45, 7) is 8.28. The average Bonchev–Trinajstić information content (AvgIpc) is 3.07. The first-order valence-corrected chi connectivity index (χ1v) is 11.5. The quantitative estimate of drug-likeness (QED) is 0.633. The molecule has 0 N–H and O–H groups in total. The molecule has 0 radical (unpaired) electrons. The van der Waals surface area contributed by atoms with Gasteiger partial charge in [0.15, 0.2) is 0 Å². The van der Waals surface area contributed by atoms with E-state index in [0.717, 1.165) is 19.4 Å². The number of piperazine rings is 1. The van der Waals surface area contributed by atoms with E-state index in [4.69, 9.17) is 25.8 Å². The predicted molar refractivity (Wildman–Crippen MR) is 119 cm³/mol. The van der Waals surface area contributed by atoms with Crippen LogP contribution in [0.4, 0.5) is 4.79 Å². The highest BCUT2D eigenvalue weighted by Gasteiger charge is 2.40. The van der Waals surface area contributed by atoms with Crippen molar-refractivity contribution in [1.82, 2.24) is 19.7 Å². The number of carbonyl (C=O) groups excluding carboxylic acids is 2. The van der Waals surface area contributed by atoms with Crippen LogP contribution in [0.5, 0.6) is 11.6 Å². The topological polar surface area (TPSA) is 84.4 Å². The molecule has 2 fully saturated rings. The second-order valence-electron chi connectivity index (χ2n) is 9.60. The van der Waals surface area contributed by atoms with Gasteiger partial charge in [-0.2, -0.15) is 0 Å². The Morgan fingerprint density at radius 2 is 2.09 bits per heavy atom. The molecule has 0 spiro atoms. The summed E-state index contributed by atoms with van der Waals surface area (Å²) in [6, 6.07) is 1.52. The number of likely N-dealkylation sites (N-methyl/N-ethyl adjacent to an activating group) is 1. The van der Waals surface area contributed by atoms with Crippen LogP contribution in [0.15, 0.2) is 6.07 Å². The number of fused-ring (bicyclic) bond motifs is 2. The lowest BCUT2D eigenvalue weighted by Gasteiger charge is -2.40. The van der Waals surface area contributed by atoms with Gasteiger partial charge in [0.25, 0.3) is 5.91 Å². The number of hydrogen-bond donors (Lipinski definition) is 0. The molecule has 2 saturated heterocycles. The van der Waals surface area contributed by atoms with Gasteiger partial charge < -0.3 is 28.9 Å². The van der Waals surface area contributed by atoms with Gasteiger partial charge in [0.05, 0.1) is 6.04 Å². The molecule has 32 heavy (non-hydrogen) atoms. The van der Waals surface area contributed by atoms with Crippen molar-refractivity contribution in [3.05, 3.63) is 16.8 Å². The molecule has 2 atom stereocenters. The summed E-state index contributed by atoms with van der Waals surface area (Å²) in [4.78, 5) is 35.9. The lowest BCUT2D eigenvalue weighted by atomic mass is 10.1. The van der Waals surface area contributed by atoms with E-state index in [1.54, 1.807) is 15.9 Å². The third-order valence-electron chi connectivity index (χ3n) is 6.04. The molecule has 0 saturated carbocycles. The monoisotopic (exact) mass is 466 g/mol. The van der Waals surface area contributed by atoms with Crippen molar-refractivity contribution in [3.63, 3.8) is 0 Å². The van der Waals surface area contributed by atoms with Crippen LogP contribution >= 0.6 is 11.6 Å². The maximum atomic E-state index is 13.5. The predicted octanol–water partition coefficient (Wildman–Crippen LogP) is 2.66. The van der Waals surface area contributed by atoms with Crippen molar-refractivity contribution in [1.29, 1.82) is 0 Å². The Labute approximate surface area is 193 Å². The van der Waals surface area contributed by atoms with E-state index < -0.39 is 5.60 Å². The average molecular weight is 467 g/mol. The summed E-state index contributed by atoms with van der Waals surface area (Å²) in [7, 11) is 2.07. The number of ether oxygens (including phenoxy) is 3. The van der Waals surface area contributed by atoms with Gasteiger partial charge >= 0.3 is 6.09 Å². The first-order valence-electron chi connectivity index (χ1n) is 11.1. The standard InChI is InChI=1S/C22H31ClN4O5/c1-22(2,3)32-21(29)26-8-9-27-15(11-26)13-30-16-10-17(23)24-19(18(16)20(27)28)31-12-14-6-5-7-25(14)4/h10,14-15H,5-9,11-13H2,1-4H3/t14-,15?/m1/s1. The minimum atomic E-state index is -0.581. The Hall–Kier alpha value is -2.26. The lowest BCUT2D eigenvalue weighted by molar-refractivity contribution is 0.000896. The van der Waals surface area contributed by atoms with Gasteiger partial charge in [-0.15, -0.1) is 0 Å². The van der Waals surface area contributed by atoms with Gasteiger partial charge in [-0.1, -0.05) is 11.6 Å². The first-order chi connectivity index (χ1) is 15.1. The van der Waals surface area contributed by atoms with E-state index in [2.05, 4.69) is 16.9 Å². The maximum absolute atomic E-state index is 13.5. The molecule has 4 heterocycles. The van der Waals surface area contributed by atoms with Crippen LogP contribution in [0, 0.1) is 0 Å². The highest BCUT2D eigenvalue weighted by atomic mass is 35.5. The van der Waals surface area contributed by atoms with Crippen molar-refractivity contribution in [2.24, 2.45) is 0 Å². The van der Waals surface area contributed by atoms with E-state index >= 15 is 0 Å². The van der Waals surface area contributed by atoms with Gasteiger partial charge in [0.1, 0.15) is 35.3 Å². The van der Waals surface area contributed by atoms with Crippen molar-refractivity contribution >= 4 is 23.6 Å². The minimum absolute atomic E-state index is 0.202. The molecule has 1 unspecified atom stereocenters. The molecule has 1 aromatic heterocycles. The number of hydrogen-bond acceptors (Lipinski definition) is 7. The second-order valence-corrected chi connectivity index (χ2v) is 9.99. The number of amides is 2. The molecule has 0 bridgehead atoms. The third-order valence-corrected chi connectivity index (χ3v) is 6.24. The van der Waals surface area contributed by atoms with Gasteiger partial charge in [-0.05, 0) is 47.2 Å². The Morgan fingerprint density at radius 3 is 2.78 bits per heavy atom. The second kappa shape index (κ2) is 8.94. The Kier molecular flexibility index (Phi) is 6.40. The fourth-order valence-electron chi connectivity index (χ4n) is 4.34. The van der Waals surface area contributed by atoms with Crippen LogP contribution in [0.1, 0.15) is 44.0 Å². The highest BCUT2D eigenvalue weighted by Crippen LogP contribution is 2.35. The summed E-state index contributed by atoms with van der Waals surface area (Å²) in [5, 5.41) is 0.210. The molecule has 9 nitrogen and oxygen atoms in total. The van der Waals surface area contributed by atoms with E-state index in [9.17, 15) is 9.59 Å². The van der Waals surface area contributed by atoms with Crippen LogP contribution in [-0.2, 0) is 4.74 Å². The molecular weight excluding hydrogens is 436 g/mol. The molecule has 3 aliphatic heterocycles. The maximum Gasteiger partial charge on any atom is 0.410 e. The number of pyridine rings is 1. The zero-order valence-electron chi connectivity index (χ0n) is 19.1. The van der Waals surface area contributed by atoms with Gasteiger partial charge in [-0.3, -0.25) is 4.79 Å². The minimum Gasteiger partial charge on any atom is -0.490 e. The van der Waals surface area contributed by atoms with Crippen LogP contribution in [0.3, 0.4) is 0 Å². The molecule has 1 aromatic rings. The van der Waals surface area contributed by atoms with Gasteiger partial charge in [-0.25, -0.2) is 9.78 Å². The molecule has 4 rings (SSSR count). The SMILES string of the molecule is CN1CCC[C@@H]1COc1nc(Cl)cc2c1C(=O)N1CCN(C(=O)OC(C)(C)C)CC1CO2. The zero-order chi connectivity index (χ0) is 23.0. The molecule has 0 aliphatic carbocycles. The third kappa shape index (κ3) is 4.88. The van der Waals surface area contributed by atoms with E-state index in [1.165, 1.54) is 0 Å². The molecular formula is C22H31ClN4O5. The van der Waals surface area contributed by atoms with E-state index in [0.29, 0.717) is 37.6 Å². The van der Waals surface area contributed by atoms with Crippen molar-refractivity contribution in [2.45, 2.75) is 51.3 Å². The Bertz CT molecular complexity index is 890. The summed E-state index contributed by atoms with van der Waals surface area (Å²) in [5.74, 6) is 0.348. The summed E-state index contributed by atoms with van der Waals surface area (Å²) in [6.07, 6.45) is 1.77. The normalized spacial score (nSPS) is 23.8. The Morgan fingerprint density at radius 1 is 1.31 bits per heavy atom. The van der Waals surface area contributed by atoms with Gasteiger partial charge in [0, 0.05) is 31.7 Å².